The Balaban J connectivity index is 2.80. The largest absolute Gasteiger partial charge is 0.396 e. The molecule has 8 heteroatoms. The number of imidazole rings is 1. The second-order valence-electron chi connectivity index (χ2n) is 5.27. The highest BCUT2D eigenvalue weighted by Gasteiger charge is 2.20. The quantitative estimate of drug-likeness (QED) is 0.581. The van der Waals surface area contributed by atoms with Gasteiger partial charge in [-0.25, -0.2) is 4.79 Å². The maximum absolute atomic E-state index is 12.7. The fourth-order valence-electron chi connectivity index (χ4n) is 2.50. The third-order valence-corrected chi connectivity index (χ3v) is 3.94. The number of aromatic nitrogens is 4. The Labute approximate surface area is 138 Å². The van der Waals surface area contributed by atoms with Crippen molar-refractivity contribution in [1.82, 2.24) is 18.7 Å². The molecule has 2 rings (SSSR count). The Kier molecular flexibility index (Phi) is 5.79. The lowest BCUT2D eigenvalue weighted by Gasteiger charge is -2.11. The maximum Gasteiger partial charge on any atom is 0.332 e. The predicted octanol–water partition coefficient (Wildman–Crippen LogP) is 1.38. The van der Waals surface area contributed by atoms with Gasteiger partial charge in [-0.1, -0.05) is 19.4 Å². The van der Waals surface area contributed by atoms with Crippen LogP contribution in [0, 0.1) is 0 Å². The number of aliphatic hydroxyl groups excluding tert-OH is 1. The molecule has 0 aliphatic carbocycles. The number of fused-ring (bicyclic) bond motifs is 1. The number of unbranched alkanes of at least 4 members (excludes halogenated alkanes) is 1. The molecule has 0 spiro atoms. The van der Waals surface area contributed by atoms with Crippen molar-refractivity contribution in [3.63, 3.8) is 0 Å². The lowest BCUT2D eigenvalue weighted by atomic mass is 10.3. The zero-order chi connectivity index (χ0) is 17.0. The standard InChI is InChI=1S/C15H21ClN4O3/c1-3-5-8-19-12-11(18(7-4-2)14(16)17-12)13(22)20(15(19)23)9-6-10-21/h4,21H,2-3,5-10H2,1H3. The van der Waals surface area contributed by atoms with Gasteiger partial charge in [-0.05, 0) is 24.4 Å². The summed E-state index contributed by atoms with van der Waals surface area (Å²) in [5.74, 6) is 0. The van der Waals surface area contributed by atoms with Crippen molar-refractivity contribution in [2.45, 2.75) is 45.8 Å². The fraction of sp³-hybridized carbons (Fsp3) is 0.533. The molecule has 0 unspecified atom stereocenters. The summed E-state index contributed by atoms with van der Waals surface area (Å²) in [4.78, 5) is 29.5. The first kappa shape index (κ1) is 17.5. The number of hydrogen-bond acceptors (Lipinski definition) is 4. The normalized spacial score (nSPS) is 11.3. The SMILES string of the molecule is C=CCn1c(Cl)nc2c1c(=O)n(CCCO)c(=O)n2CCCC. The van der Waals surface area contributed by atoms with Gasteiger partial charge in [0.1, 0.15) is 0 Å². The average molecular weight is 341 g/mol. The second kappa shape index (κ2) is 7.61. The van der Waals surface area contributed by atoms with Crippen LogP contribution in [0.2, 0.25) is 5.28 Å². The first-order valence-corrected chi connectivity index (χ1v) is 8.05. The molecular weight excluding hydrogens is 320 g/mol. The monoisotopic (exact) mass is 340 g/mol. The molecule has 0 bridgehead atoms. The molecule has 2 aromatic rings. The highest BCUT2D eigenvalue weighted by atomic mass is 35.5. The average Bonchev–Trinajstić information content (AvgIpc) is 2.84. The highest BCUT2D eigenvalue weighted by Crippen LogP contribution is 2.16. The summed E-state index contributed by atoms with van der Waals surface area (Å²) in [5, 5.41) is 9.15. The van der Waals surface area contributed by atoms with Crippen molar-refractivity contribution in [2.75, 3.05) is 6.61 Å². The van der Waals surface area contributed by atoms with Gasteiger partial charge in [-0.15, -0.1) is 6.58 Å². The molecule has 2 aromatic heterocycles. The minimum absolute atomic E-state index is 0.0917. The van der Waals surface area contributed by atoms with E-state index in [0.29, 0.717) is 30.7 Å². The Morgan fingerprint density at radius 3 is 2.52 bits per heavy atom. The van der Waals surface area contributed by atoms with E-state index in [1.807, 2.05) is 6.92 Å². The Bertz CT molecular complexity index is 819. The van der Waals surface area contributed by atoms with Gasteiger partial charge in [0, 0.05) is 26.2 Å². The van der Waals surface area contributed by atoms with Crippen LogP contribution < -0.4 is 11.2 Å². The van der Waals surface area contributed by atoms with Crippen LogP contribution in [0.15, 0.2) is 22.2 Å². The van der Waals surface area contributed by atoms with E-state index in [1.54, 1.807) is 10.6 Å². The van der Waals surface area contributed by atoms with Crippen molar-refractivity contribution in [1.29, 1.82) is 0 Å². The number of aliphatic hydroxyl groups is 1. The summed E-state index contributed by atoms with van der Waals surface area (Å²) < 4.78 is 4.18. The number of allylic oxidation sites excluding steroid dienone is 1. The van der Waals surface area contributed by atoms with Crippen LogP contribution in [0.1, 0.15) is 26.2 Å². The van der Waals surface area contributed by atoms with Crippen molar-refractivity contribution in [2.24, 2.45) is 0 Å². The van der Waals surface area contributed by atoms with Crippen LogP contribution in [-0.2, 0) is 19.6 Å². The molecule has 0 aliphatic heterocycles. The molecule has 0 aliphatic rings. The fourth-order valence-corrected chi connectivity index (χ4v) is 2.74. The van der Waals surface area contributed by atoms with Crippen molar-refractivity contribution in [3.05, 3.63) is 38.8 Å². The van der Waals surface area contributed by atoms with E-state index in [-0.39, 0.29) is 18.4 Å². The van der Waals surface area contributed by atoms with Gasteiger partial charge in [0.15, 0.2) is 11.2 Å². The zero-order valence-corrected chi connectivity index (χ0v) is 13.9. The molecule has 1 N–H and O–H groups in total. The summed E-state index contributed by atoms with van der Waals surface area (Å²) in [5.41, 5.74) is -0.249. The first-order valence-electron chi connectivity index (χ1n) is 7.67. The Hall–Kier alpha value is -1.86. The van der Waals surface area contributed by atoms with Gasteiger partial charge in [0.05, 0.1) is 0 Å². The molecule has 0 saturated heterocycles. The van der Waals surface area contributed by atoms with Crippen LogP contribution in [0.5, 0.6) is 0 Å². The molecule has 0 fully saturated rings. The molecule has 7 nitrogen and oxygen atoms in total. The highest BCUT2D eigenvalue weighted by molar-refractivity contribution is 6.29. The first-order chi connectivity index (χ1) is 11.1. The van der Waals surface area contributed by atoms with Gasteiger partial charge < -0.3 is 9.67 Å². The summed E-state index contributed by atoms with van der Waals surface area (Å²) in [6, 6.07) is 0. The van der Waals surface area contributed by atoms with Crippen LogP contribution in [-0.4, -0.2) is 30.4 Å². The summed E-state index contributed by atoms with van der Waals surface area (Å²) >= 11 is 6.13. The van der Waals surface area contributed by atoms with Gasteiger partial charge in [0.25, 0.3) is 5.56 Å². The van der Waals surface area contributed by atoms with E-state index in [0.717, 1.165) is 17.4 Å². The van der Waals surface area contributed by atoms with Crippen molar-refractivity contribution >= 4 is 22.8 Å². The summed E-state index contributed by atoms with van der Waals surface area (Å²) in [6.07, 6.45) is 3.65. The number of aryl methyl sites for hydroxylation is 1. The summed E-state index contributed by atoms with van der Waals surface area (Å²) in [6.45, 7) is 6.54. The molecule has 0 saturated carbocycles. The van der Waals surface area contributed by atoms with Crippen LogP contribution in [0.3, 0.4) is 0 Å². The third-order valence-electron chi connectivity index (χ3n) is 3.65. The molecule has 0 atom stereocenters. The number of hydrogen-bond donors (Lipinski definition) is 1. The van der Waals surface area contributed by atoms with Crippen LogP contribution in [0.25, 0.3) is 11.2 Å². The van der Waals surface area contributed by atoms with Gasteiger partial charge in [-0.3, -0.25) is 13.9 Å². The van der Waals surface area contributed by atoms with Gasteiger partial charge in [-0.2, -0.15) is 4.98 Å². The maximum atomic E-state index is 12.7. The van der Waals surface area contributed by atoms with E-state index in [4.69, 9.17) is 16.7 Å². The van der Waals surface area contributed by atoms with E-state index >= 15 is 0 Å². The number of halogens is 1. The molecule has 23 heavy (non-hydrogen) atoms. The Morgan fingerprint density at radius 2 is 1.91 bits per heavy atom. The predicted molar refractivity (Wildman–Crippen MR) is 90.1 cm³/mol. The lowest BCUT2D eigenvalue weighted by molar-refractivity contribution is 0.277. The van der Waals surface area contributed by atoms with E-state index in [9.17, 15) is 9.59 Å². The minimum atomic E-state index is -0.438. The van der Waals surface area contributed by atoms with E-state index in [1.165, 1.54) is 4.57 Å². The number of nitrogens with zero attached hydrogens (tertiary/aromatic N) is 4. The number of rotatable bonds is 8. The minimum Gasteiger partial charge on any atom is -0.396 e. The summed E-state index contributed by atoms with van der Waals surface area (Å²) in [7, 11) is 0. The van der Waals surface area contributed by atoms with Crippen LogP contribution >= 0.6 is 11.6 Å². The molecule has 0 aromatic carbocycles. The Morgan fingerprint density at radius 1 is 1.22 bits per heavy atom. The molecule has 2 heterocycles. The van der Waals surface area contributed by atoms with E-state index < -0.39 is 11.2 Å². The smallest absolute Gasteiger partial charge is 0.332 e. The van der Waals surface area contributed by atoms with Crippen LogP contribution in [0.4, 0.5) is 0 Å². The van der Waals surface area contributed by atoms with Crippen molar-refractivity contribution in [3.8, 4) is 0 Å². The van der Waals surface area contributed by atoms with Gasteiger partial charge >= 0.3 is 5.69 Å². The van der Waals surface area contributed by atoms with E-state index in [2.05, 4.69) is 11.6 Å². The third kappa shape index (κ3) is 3.25. The molecule has 0 radical (unpaired) electrons. The zero-order valence-electron chi connectivity index (χ0n) is 13.2. The molecule has 0 amide bonds. The molecule has 126 valence electrons. The topological polar surface area (TPSA) is 82.1 Å². The van der Waals surface area contributed by atoms with Gasteiger partial charge in [0.2, 0.25) is 5.28 Å². The molecular formula is C15H21ClN4O3. The van der Waals surface area contributed by atoms with Crippen molar-refractivity contribution < 1.29 is 5.11 Å². The second-order valence-corrected chi connectivity index (χ2v) is 5.61. The lowest BCUT2D eigenvalue weighted by Crippen LogP contribution is -2.41.